The van der Waals surface area contributed by atoms with Crippen LogP contribution >= 0.6 is 0 Å². The first-order valence-electron chi connectivity index (χ1n) is 7.93. The van der Waals surface area contributed by atoms with Crippen molar-refractivity contribution in [2.45, 2.75) is 25.7 Å². The Hall–Kier alpha value is -2.42. The van der Waals surface area contributed by atoms with E-state index in [1.165, 1.54) is 23.3 Å². The lowest BCUT2D eigenvalue weighted by molar-refractivity contribution is 0.601. The molecule has 0 radical (unpaired) electrons. The van der Waals surface area contributed by atoms with Gasteiger partial charge in [-0.3, -0.25) is 0 Å². The maximum Gasteiger partial charge on any atom is 0.125 e. The summed E-state index contributed by atoms with van der Waals surface area (Å²) in [5.74, 6) is 0.717. The predicted octanol–water partition coefficient (Wildman–Crippen LogP) is 4.92. The molecule has 1 heterocycles. The lowest BCUT2D eigenvalue weighted by Crippen LogP contribution is -1.94. The van der Waals surface area contributed by atoms with Crippen molar-refractivity contribution in [3.05, 3.63) is 83.9 Å². The zero-order valence-corrected chi connectivity index (χ0v) is 13.3. The van der Waals surface area contributed by atoms with Crippen LogP contribution in [0.5, 0.6) is 0 Å². The highest BCUT2D eigenvalue weighted by molar-refractivity contribution is 5.42. The summed E-state index contributed by atoms with van der Waals surface area (Å²) < 4.78 is 15.2. The fourth-order valence-corrected chi connectivity index (χ4v) is 3.80. The van der Waals surface area contributed by atoms with Gasteiger partial charge in [0.15, 0.2) is 0 Å². The second-order valence-electron chi connectivity index (χ2n) is 6.89. The van der Waals surface area contributed by atoms with E-state index in [-0.39, 0.29) is 11.2 Å². The summed E-state index contributed by atoms with van der Waals surface area (Å²) >= 11 is 0. The van der Waals surface area contributed by atoms with E-state index in [1.54, 1.807) is 10.7 Å². The van der Waals surface area contributed by atoms with Gasteiger partial charge < -0.3 is 0 Å². The standard InChI is InChI=1S/C20H19FN2/c1-20(2)18(14-7-4-3-5-8-14)19(20)15-12-22-23(13-15)17-10-6-9-16(21)11-17/h3-13,18-19H,1-2H3/t18-,19-/m1/s1. The number of nitrogens with zero attached hydrogens (tertiary/aromatic N) is 2. The molecule has 2 aromatic carbocycles. The van der Waals surface area contributed by atoms with Gasteiger partial charge in [-0.25, -0.2) is 9.07 Å². The van der Waals surface area contributed by atoms with Crippen LogP contribution in [0.25, 0.3) is 5.69 Å². The molecule has 0 aliphatic heterocycles. The maximum absolute atomic E-state index is 13.4. The molecule has 0 N–H and O–H groups in total. The van der Waals surface area contributed by atoms with E-state index in [0.717, 1.165) is 5.69 Å². The lowest BCUT2D eigenvalue weighted by Gasteiger charge is -2.01. The van der Waals surface area contributed by atoms with Gasteiger partial charge in [0, 0.05) is 12.1 Å². The molecule has 116 valence electrons. The number of halogens is 1. The van der Waals surface area contributed by atoms with E-state index < -0.39 is 0 Å². The molecular formula is C20H19FN2. The van der Waals surface area contributed by atoms with Gasteiger partial charge >= 0.3 is 0 Å². The summed E-state index contributed by atoms with van der Waals surface area (Å²) in [6.45, 7) is 4.60. The lowest BCUT2D eigenvalue weighted by atomic mass is 10.0. The van der Waals surface area contributed by atoms with Crippen molar-refractivity contribution in [2.24, 2.45) is 5.41 Å². The van der Waals surface area contributed by atoms with Crippen LogP contribution in [0, 0.1) is 11.2 Å². The zero-order valence-electron chi connectivity index (χ0n) is 13.3. The minimum Gasteiger partial charge on any atom is -0.241 e. The zero-order chi connectivity index (χ0) is 16.0. The number of rotatable bonds is 3. The van der Waals surface area contributed by atoms with Crippen LogP contribution in [0.3, 0.4) is 0 Å². The first-order valence-corrected chi connectivity index (χ1v) is 7.93. The summed E-state index contributed by atoms with van der Waals surface area (Å²) in [4.78, 5) is 0. The normalized spacial score (nSPS) is 22.0. The van der Waals surface area contributed by atoms with Gasteiger partial charge in [0.1, 0.15) is 5.82 Å². The topological polar surface area (TPSA) is 17.8 Å². The highest BCUT2D eigenvalue weighted by atomic mass is 19.1. The Morgan fingerprint density at radius 1 is 0.957 bits per heavy atom. The van der Waals surface area contributed by atoms with E-state index in [9.17, 15) is 4.39 Å². The third-order valence-corrected chi connectivity index (χ3v) is 5.02. The maximum atomic E-state index is 13.4. The molecular weight excluding hydrogens is 287 g/mol. The van der Waals surface area contributed by atoms with E-state index in [2.05, 4.69) is 49.3 Å². The number of aromatic nitrogens is 2. The Morgan fingerprint density at radius 3 is 2.43 bits per heavy atom. The molecule has 3 aromatic rings. The monoisotopic (exact) mass is 306 g/mol. The Balaban J connectivity index is 1.65. The van der Waals surface area contributed by atoms with Crippen molar-refractivity contribution in [1.82, 2.24) is 9.78 Å². The summed E-state index contributed by atoms with van der Waals surface area (Å²) in [5, 5.41) is 4.43. The van der Waals surface area contributed by atoms with Crippen molar-refractivity contribution in [1.29, 1.82) is 0 Å². The third-order valence-electron chi connectivity index (χ3n) is 5.02. The van der Waals surface area contributed by atoms with Crippen LogP contribution in [0.15, 0.2) is 67.0 Å². The Kier molecular flexibility index (Phi) is 3.12. The Bertz CT molecular complexity index is 836. The number of benzene rings is 2. The second-order valence-corrected chi connectivity index (χ2v) is 6.89. The van der Waals surface area contributed by atoms with E-state index in [0.29, 0.717) is 11.8 Å². The van der Waals surface area contributed by atoms with Crippen molar-refractivity contribution < 1.29 is 4.39 Å². The Morgan fingerprint density at radius 2 is 1.70 bits per heavy atom. The minimum atomic E-state index is -0.242. The predicted molar refractivity (Wildman–Crippen MR) is 89.2 cm³/mol. The molecule has 3 heteroatoms. The number of hydrogen-bond donors (Lipinski definition) is 0. The van der Waals surface area contributed by atoms with Crippen LogP contribution in [-0.4, -0.2) is 9.78 Å². The summed E-state index contributed by atoms with van der Waals surface area (Å²) in [7, 11) is 0. The van der Waals surface area contributed by atoms with E-state index in [4.69, 9.17) is 0 Å². The molecule has 1 aliphatic rings. The molecule has 0 spiro atoms. The fraction of sp³-hybridized carbons (Fsp3) is 0.250. The quantitative estimate of drug-likeness (QED) is 0.671. The van der Waals surface area contributed by atoms with Gasteiger partial charge in [-0.15, -0.1) is 0 Å². The Labute approximate surface area is 135 Å². The average Bonchev–Trinajstić information content (AvgIpc) is 2.90. The molecule has 1 aromatic heterocycles. The average molecular weight is 306 g/mol. The van der Waals surface area contributed by atoms with Crippen molar-refractivity contribution in [2.75, 3.05) is 0 Å². The van der Waals surface area contributed by atoms with Gasteiger partial charge in [0.05, 0.1) is 11.9 Å². The second kappa shape index (κ2) is 5.05. The molecule has 0 saturated heterocycles. The van der Waals surface area contributed by atoms with Gasteiger partial charge in [-0.05, 0) is 40.7 Å². The smallest absolute Gasteiger partial charge is 0.125 e. The van der Waals surface area contributed by atoms with Crippen molar-refractivity contribution in [3.8, 4) is 5.69 Å². The van der Waals surface area contributed by atoms with Crippen LogP contribution in [0.2, 0.25) is 0 Å². The van der Waals surface area contributed by atoms with Gasteiger partial charge in [0.2, 0.25) is 0 Å². The molecule has 23 heavy (non-hydrogen) atoms. The highest BCUT2D eigenvalue weighted by Gasteiger charge is 2.59. The van der Waals surface area contributed by atoms with Crippen molar-refractivity contribution in [3.63, 3.8) is 0 Å². The molecule has 0 unspecified atom stereocenters. The first-order chi connectivity index (χ1) is 11.1. The van der Waals surface area contributed by atoms with Crippen LogP contribution in [-0.2, 0) is 0 Å². The van der Waals surface area contributed by atoms with Crippen LogP contribution in [0.4, 0.5) is 4.39 Å². The van der Waals surface area contributed by atoms with Gasteiger partial charge in [-0.2, -0.15) is 5.10 Å². The van der Waals surface area contributed by atoms with Crippen LogP contribution in [0.1, 0.15) is 36.8 Å². The van der Waals surface area contributed by atoms with E-state index in [1.807, 2.05) is 18.5 Å². The van der Waals surface area contributed by atoms with Gasteiger partial charge in [0.25, 0.3) is 0 Å². The summed E-state index contributed by atoms with van der Waals surface area (Å²) in [5.41, 5.74) is 3.57. The molecule has 1 saturated carbocycles. The summed E-state index contributed by atoms with van der Waals surface area (Å²) in [6.07, 6.45) is 3.95. The molecule has 4 rings (SSSR count). The molecule has 0 amide bonds. The largest absolute Gasteiger partial charge is 0.241 e. The van der Waals surface area contributed by atoms with Gasteiger partial charge in [-0.1, -0.05) is 50.2 Å². The number of hydrogen-bond acceptors (Lipinski definition) is 1. The minimum absolute atomic E-state index is 0.219. The van der Waals surface area contributed by atoms with Crippen LogP contribution < -0.4 is 0 Å². The molecule has 2 atom stereocenters. The molecule has 1 aliphatic carbocycles. The summed E-state index contributed by atoms with van der Waals surface area (Å²) in [6, 6.07) is 17.2. The molecule has 0 bridgehead atoms. The SMILES string of the molecule is CC1(C)[C@H](c2ccccc2)[C@H]1c1cnn(-c2cccc(F)c2)c1. The first kappa shape index (κ1) is 14.2. The fourth-order valence-electron chi connectivity index (χ4n) is 3.80. The molecule has 2 nitrogen and oxygen atoms in total. The van der Waals surface area contributed by atoms with Crippen molar-refractivity contribution >= 4 is 0 Å². The highest BCUT2D eigenvalue weighted by Crippen LogP contribution is 2.69. The van der Waals surface area contributed by atoms with E-state index >= 15 is 0 Å². The third kappa shape index (κ3) is 2.37. The molecule has 1 fully saturated rings.